The number of urea groups is 1. The first-order valence-corrected chi connectivity index (χ1v) is 6.84. The third-order valence-electron chi connectivity index (χ3n) is 4.04. The number of nitrogens with zero attached hydrogens (tertiary/aromatic N) is 1. The van der Waals surface area contributed by atoms with E-state index in [4.69, 9.17) is 5.73 Å². The summed E-state index contributed by atoms with van der Waals surface area (Å²) in [6.45, 7) is 8.32. The second-order valence-electron chi connectivity index (χ2n) is 5.27. The van der Waals surface area contributed by atoms with E-state index in [9.17, 15) is 4.79 Å². The predicted octanol–water partition coefficient (Wildman–Crippen LogP) is 1.95. The summed E-state index contributed by atoms with van der Waals surface area (Å²) in [5, 5.41) is 3.17. The second-order valence-corrected chi connectivity index (χ2v) is 5.27. The lowest BCUT2D eigenvalue weighted by atomic mass is 9.77. The van der Waals surface area contributed by atoms with Crippen LogP contribution in [0, 0.1) is 5.92 Å². The first-order chi connectivity index (χ1) is 8.06. The Morgan fingerprint density at radius 3 is 2.29 bits per heavy atom. The Balaban J connectivity index is 2.59. The van der Waals surface area contributed by atoms with E-state index >= 15 is 0 Å². The maximum atomic E-state index is 12.1. The number of hydrogen-bond donors (Lipinski definition) is 2. The quantitative estimate of drug-likeness (QED) is 0.790. The molecule has 3 N–H and O–H groups in total. The van der Waals surface area contributed by atoms with Crippen LogP contribution in [-0.2, 0) is 0 Å². The molecule has 1 rings (SSSR count). The van der Waals surface area contributed by atoms with Crippen molar-refractivity contribution in [2.45, 2.75) is 52.0 Å². The first kappa shape index (κ1) is 14.3. The fourth-order valence-electron chi connectivity index (χ4n) is 2.51. The summed E-state index contributed by atoms with van der Waals surface area (Å²) >= 11 is 0. The lowest BCUT2D eigenvalue weighted by Gasteiger charge is -2.40. The molecule has 0 atom stereocenters. The van der Waals surface area contributed by atoms with Crippen molar-refractivity contribution in [2.24, 2.45) is 11.7 Å². The summed E-state index contributed by atoms with van der Waals surface area (Å²) in [7, 11) is 0. The molecule has 1 aliphatic carbocycles. The summed E-state index contributed by atoms with van der Waals surface area (Å²) in [4.78, 5) is 13.9. The third kappa shape index (κ3) is 3.60. The highest BCUT2D eigenvalue weighted by Gasteiger charge is 2.35. The summed E-state index contributed by atoms with van der Waals surface area (Å²) < 4.78 is 0. The minimum atomic E-state index is -0.161. The molecule has 0 heterocycles. The van der Waals surface area contributed by atoms with Crippen molar-refractivity contribution in [3.8, 4) is 0 Å². The minimum Gasteiger partial charge on any atom is -0.331 e. The van der Waals surface area contributed by atoms with Gasteiger partial charge in [-0.25, -0.2) is 4.79 Å². The standard InChI is InChI=1S/C13H27N3O/c1-4-16(5-2)12(17)15-13(10-14)8-6-11(3)7-9-13/h11H,4-10,14H2,1-3H3,(H,15,17). The van der Waals surface area contributed by atoms with E-state index < -0.39 is 0 Å². The molecule has 4 heteroatoms. The fourth-order valence-corrected chi connectivity index (χ4v) is 2.51. The van der Waals surface area contributed by atoms with Crippen molar-refractivity contribution >= 4 is 6.03 Å². The molecule has 0 spiro atoms. The highest BCUT2D eigenvalue weighted by atomic mass is 16.2. The number of rotatable bonds is 4. The van der Waals surface area contributed by atoms with Crippen LogP contribution in [-0.4, -0.2) is 36.1 Å². The molecule has 0 aromatic heterocycles. The van der Waals surface area contributed by atoms with Crippen molar-refractivity contribution in [1.82, 2.24) is 10.2 Å². The molecule has 100 valence electrons. The normalized spacial score (nSPS) is 28.8. The SMILES string of the molecule is CCN(CC)C(=O)NC1(CN)CCC(C)CC1. The van der Waals surface area contributed by atoms with Crippen LogP contribution in [0.4, 0.5) is 4.79 Å². The van der Waals surface area contributed by atoms with Gasteiger partial charge in [0.25, 0.3) is 0 Å². The molecule has 0 saturated heterocycles. The van der Waals surface area contributed by atoms with Crippen LogP contribution >= 0.6 is 0 Å². The molecular weight excluding hydrogens is 214 g/mol. The maximum absolute atomic E-state index is 12.1. The summed E-state index contributed by atoms with van der Waals surface area (Å²) in [5.41, 5.74) is 5.72. The van der Waals surface area contributed by atoms with Crippen LogP contribution in [0.1, 0.15) is 46.5 Å². The Morgan fingerprint density at radius 1 is 1.35 bits per heavy atom. The molecule has 0 aromatic carbocycles. The lowest BCUT2D eigenvalue weighted by molar-refractivity contribution is 0.163. The average molecular weight is 241 g/mol. The molecule has 0 bridgehead atoms. The monoisotopic (exact) mass is 241 g/mol. The highest BCUT2D eigenvalue weighted by Crippen LogP contribution is 2.31. The number of nitrogens with two attached hydrogens (primary N) is 1. The van der Waals surface area contributed by atoms with Crippen LogP contribution in [0.25, 0.3) is 0 Å². The lowest BCUT2D eigenvalue weighted by Crippen LogP contribution is -2.58. The van der Waals surface area contributed by atoms with Crippen molar-refractivity contribution in [2.75, 3.05) is 19.6 Å². The highest BCUT2D eigenvalue weighted by molar-refractivity contribution is 5.75. The largest absolute Gasteiger partial charge is 0.331 e. The van der Waals surface area contributed by atoms with Crippen LogP contribution < -0.4 is 11.1 Å². The molecule has 0 aliphatic heterocycles. The van der Waals surface area contributed by atoms with Gasteiger partial charge in [-0.2, -0.15) is 0 Å². The van der Waals surface area contributed by atoms with Gasteiger partial charge in [-0.05, 0) is 45.4 Å². The van der Waals surface area contributed by atoms with Crippen molar-refractivity contribution in [3.05, 3.63) is 0 Å². The number of hydrogen-bond acceptors (Lipinski definition) is 2. The van der Waals surface area contributed by atoms with Gasteiger partial charge in [0.2, 0.25) is 0 Å². The average Bonchev–Trinajstić information content (AvgIpc) is 2.34. The Bertz CT molecular complexity index is 243. The molecule has 0 radical (unpaired) electrons. The summed E-state index contributed by atoms with van der Waals surface area (Å²) in [5.74, 6) is 0.764. The van der Waals surface area contributed by atoms with Gasteiger partial charge in [-0.15, -0.1) is 0 Å². The topological polar surface area (TPSA) is 58.4 Å². The van der Waals surface area contributed by atoms with E-state index in [-0.39, 0.29) is 11.6 Å². The molecule has 1 fully saturated rings. The van der Waals surface area contributed by atoms with E-state index in [1.54, 1.807) is 0 Å². The number of carbonyl (C=O) groups is 1. The zero-order valence-corrected chi connectivity index (χ0v) is 11.5. The van der Waals surface area contributed by atoms with Gasteiger partial charge in [-0.1, -0.05) is 6.92 Å². The van der Waals surface area contributed by atoms with Gasteiger partial charge in [0.05, 0.1) is 5.54 Å². The van der Waals surface area contributed by atoms with Gasteiger partial charge in [0.15, 0.2) is 0 Å². The Hall–Kier alpha value is -0.770. The van der Waals surface area contributed by atoms with Crippen LogP contribution in [0.2, 0.25) is 0 Å². The van der Waals surface area contributed by atoms with Gasteiger partial charge in [-0.3, -0.25) is 0 Å². The number of amides is 2. The van der Waals surface area contributed by atoms with Crippen LogP contribution in [0.3, 0.4) is 0 Å². The van der Waals surface area contributed by atoms with Gasteiger partial charge >= 0.3 is 6.03 Å². The molecule has 1 saturated carbocycles. The van der Waals surface area contributed by atoms with Crippen molar-refractivity contribution in [3.63, 3.8) is 0 Å². The van der Waals surface area contributed by atoms with E-state index in [0.717, 1.165) is 44.7 Å². The van der Waals surface area contributed by atoms with E-state index in [0.29, 0.717) is 6.54 Å². The zero-order chi connectivity index (χ0) is 12.9. The predicted molar refractivity (Wildman–Crippen MR) is 70.9 cm³/mol. The Labute approximate surface area is 105 Å². The van der Waals surface area contributed by atoms with Crippen LogP contribution in [0.5, 0.6) is 0 Å². The zero-order valence-electron chi connectivity index (χ0n) is 11.5. The molecule has 0 aromatic rings. The van der Waals surface area contributed by atoms with Gasteiger partial charge < -0.3 is 16.0 Å². The molecule has 1 aliphatic rings. The van der Waals surface area contributed by atoms with E-state index in [2.05, 4.69) is 12.2 Å². The fraction of sp³-hybridized carbons (Fsp3) is 0.923. The summed E-state index contributed by atoms with van der Waals surface area (Å²) in [6, 6.07) is 0.0370. The molecule has 17 heavy (non-hydrogen) atoms. The van der Waals surface area contributed by atoms with Gasteiger partial charge in [0.1, 0.15) is 0 Å². The molecular formula is C13H27N3O. The van der Waals surface area contributed by atoms with E-state index in [1.165, 1.54) is 0 Å². The smallest absolute Gasteiger partial charge is 0.317 e. The second kappa shape index (κ2) is 6.24. The summed E-state index contributed by atoms with van der Waals surface area (Å²) in [6.07, 6.45) is 4.35. The molecule has 2 amide bonds. The van der Waals surface area contributed by atoms with Crippen LogP contribution in [0.15, 0.2) is 0 Å². The molecule has 0 unspecified atom stereocenters. The van der Waals surface area contributed by atoms with Crippen molar-refractivity contribution < 1.29 is 4.79 Å². The van der Waals surface area contributed by atoms with Crippen molar-refractivity contribution in [1.29, 1.82) is 0 Å². The molecule has 4 nitrogen and oxygen atoms in total. The number of nitrogens with one attached hydrogen (secondary N) is 1. The minimum absolute atomic E-state index is 0.0370. The number of carbonyl (C=O) groups excluding carboxylic acids is 1. The first-order valence-electron chi connectivity index (χ1n) is 6.84. The van der Waals surface area contributed by atoms with E-state index in [1.807, 2.05) is 18.7 Å². The van der Waals surface area contributed by atoms with Gasteiger partial charge in [0, 0.05) is 19.6 Å². The third-order valence-corrected chi connectivity index (χ3v) is 4.04. The Kier molecular flexibility index (Phi) is 5.25. The maximum Gasteiger partial charge on any atom is 0.317 e. The Morgan fingerprint density at radius 2 is 1.88 bits per heavy atom.